The highest BCUT2D eigenvalue weighted by molar-refractivity contribution is 5.83. The predicted molar refractivity (Wildman–Crippen MR) is 152 cm³/mol. The minimum Gasteiger partial charge on any atom is -0.494 e. The zero-order valence-corrected chi connectivity index (χ0v) is 22.4. The fourth-order valence-corrected chi connectivity index (χ4v) is 4.99. The third-order valence-electron chi connectivity index (χ3n) is 7.04. The van der Waals surface area contributed by atoms with E-state index in [1.807, 2.05) is 44.2 Å². The number of benzene rings is 3. The number of para-hydroxylation sites is 1. The smallest absolute Gasteiger partial charge is 0.282 e. The van der Waals surface area contributed by atoms with Gasteiger partial charge >= 0.3 is 0 Å². The Kier molecular flexibility index (Phi) is 7.27. The van der Waals surface area contributed by atoms with Gasteiger partial charge in [-0.1, -0.05) is 26.0 Å². The molecule has 0 spiro atoms. The molecule has 6 nitrogen and oxygen atoms in total. The topological polar surface area (TPSA) is 59.7 Å². The lowest BCUT2D eigenvalue weighted by Crippen LogP contribution is -2.21. The maximum absolute atomic E-state index is 15.1. The number of aryl methyl sites for hydroxylation is 1. The largest absolute Gasteiger partial charge is 0.494 e. The molecule has 0 bridgehead atoms. The van der Waals surface area contributed by atoms with Crippen LogP contribution in [0.5, 0.6) is 5.75 Å². The molecule has 196 valence electrons. The zero-order chi connectivity index (χ0) is 26.8. The van der Waals surface area contributed by atoms with Crippen molar-refractivity contribution in [2.45, 2.75) is 46.5 Å². The van der Waals surface area contributed by atoms with Crippen molar-refractivity contribution in [2.24, 2.45) is 5.10 Å². The van der Waals surface area contributed by atoms with Crippen LogP contribution in [0, 0.1) is 12.7 Å². The fourth-order valence-electron chi connectivity index (χ4n) is 4.99. The molecule has 1 aliphatic rings. The molecule has 38 heavy (non-hydrogen) atoms. The monoisotopic (exact) mass is 512 g/mol. The third-order valence-corrected chi connectivity index (χ3v) is 7.04. The lowest BCUT2D eigenvalue weighted by molar-refractivity contribution is 0.335. The molecule has 0 N–H and O–H groups in total. The van der Waals surface area contributed by atoms with E-state index < -0.39 is 0 Å². The molecular weight excluding hydrogens is 479 g/mol. The van der Waals surface area contributed by atoms with Crippen LogP contribution >= 0.6 is 0 Å². The molecule has 0 radical (unpaired) electrons. The summed E-state index contributed by atoms with van der Waals surface area (Å²) in [6.45, 7) is 10.6. The minimum atomic E-state index is -0.374. The van der Waals surface area contributed by atoms with Crippen molar-refractivity contribution in [3.63, 3.8) is 0 Å². The van der Waals surface area contributed by atoms with Crippen molar-refractivity contribution in [3.05, 3.63) is 87.5 Å². The van der Waals surface area contributed by atoms with E-state index in [1.165, 1.54) is 10.9 Å². The first kappa shape index (κ1) is 25.6. The van der Waals surface area contributed by atoms with E-state index in [1.54, 1.807) is 24.3 Å². The second-order valence-electron chi connectivity index (χ2n) is 10.0. The molecule has 1 fully saturated rings. The number of nitrogens with zero attached hydrogens (tertiary/aromatic N) is 4. The lowest BCUT2D eigenvalue weighted by atomic mass is 9.96. The van der Waals surface area contributed by atoms with E-state index in [0.717, 1.165) is 54.1 Å². The highest BCUT2D eigenvalue weighted by Crippen LogP contribution is 2.34. The second-order valence-corrected chi connectivity index (χ2v) is 10.0. The summed E-state index contributed by atoms with van der Waals surface area (Å²) in [4.78, 5) is 20.7. The van der Waals surface area contributed by atoms with Gasteiger partial charge in [0.2, 0.25) is 0 Å². The lowest BCUT2D eigenvalue weighted by Gasteiger charge is -2.18. The quantitative estimate of drug-likeness (QED) is 0.265. The Hall–Kier alpha value is -4.00. The first-order valence-electron chi connectivity index (χ1n) is 13.3. The van der Waals surface area contributed by atoms with Crippen molar-refractivity contribution < 1.29 is 9.13 Å². The van der Waals surface area contributed by atoms with E-state index in [-0.39, 0.29) is 17.3 Å². The van der Waals surface area contributed by atoms with Gasteiger partial charge in [-0.25, -0.2) is 9.37 Å². The molecule has 1 aliphatic heterocycles. The third kappa shape index (κ3) is 4.93. The van der Waals surface area contributed by atoms with Crippen LogP contribution < -0.4 is 15.2 Å². The van der Waals surface area contributed by atoms with Gasteiger partial charge in [-0.3, -0.25) is 4.79 Å². The van der Waals surface area contributed by atoms with Crippen molar-refractivity contribution in [2.75, 3.05) is 24.6 Å². The summed E-state index contributed by atoms with van der Waals surface area (Å²) in [6, 6.07) is 16.4. The number of ether oxygens (including phenoxy) is 1. The Labute approximate surface area is 222 Å². The summed E-state index contributed by atoms with van der Waals surface area (Å²) in [5, 5.41) is 4.95. The van der Waals surface area contributed by atoms with Crippen LogP contribution in [0.1, 0.15) is 56.2 Å². The molecule has 4 aromatic rings. The van der Waals surface area contributed by atoms with E-state index in [9.17, 15) is 4.79 Å². The summed E-state index contributed by atoms with van der Waals surface area (Å²) in [5.41, 5.74) is 4.16. The second kappa shape index (κ2) is 10.8. The molecule has 0 unspecified atom stereocenters. The van der Waals surface area contributed by atoms with Crippen LogP contribution in [0.15, 0.2) is 64.5 Å². The van der Waals surface area contributed by atoms with Gasteiger partial charge in [0.15, 0.2) is 5.82 Å². The number of rotatable bonds is 7. The summed E-state index contributed by atoms with van der Waals surface area (Å²) in [5.74, 6) is 1.05. The molecule has 0 atom stereocenters. The summed E-state index contributed by atoms with van der Waals surface area (Å²) >= 11 is 0. The predicted octanol–water partition coefficient (Wildman–Crippen LogP) is 6.52. The van der Waals surface area contributed by atoms with Gasteiger partial charge in [0.05, 0.1) is 23.7 Å². The van der Waals surface area contributed by atoms with E-state index in [4.69, 9.17) is 9.72 Å². The maximum Gasteiger partial charge on any atom is 0.282 e. The number of hydrogen-bond acceptors (Lipinski definition) is 5. The summed E-state index contributed by atoms with van der Waals surface area (Å²) in [7, 11) is 0. The van der Waals surface area contributed by atoms with Crippen molar-refractivity contribution in [1.29, 1.82) is 0 Å². The minimum absolute atomic E-state index is 0.197. The van der Waals surface area contributed by atoms with E-state index in [2.05, 4.69) is 23.8 Å². The summed E-state index contributed by atoms with van der Waals surface area (Å²) < 4.78 is 22.2. The van der Waals surface area contributed by atoms with Gasteiger partial charge in [-0.2, -0.15) is 9.78 Å². The van der Waals surface area contributed by atoms with E-state index >= 15 is 4.39 Å². The molecule has 2 heterocycles. The Morgan fingerprint density at radius 3 is 2.58 bits per heavy atom. The van der Waals surface area contributed by atoms with Gasteiger partial charge < -0.3 is 9.64 Å². The number of halogens is 1. The first-order valence-corrected chi connectivity index (χ1v) is 13.3. The fraction of sp³-hybridized carbons (Fsp3) is 0.323. The average Bonchev–Trinajstić information content (AvgIpc) is 3.44. The highest BCUT2D eigenvalue weighted by atomic mass is 19.1. The van der Waals surface area contributed by atoms with E-state index in [0.29, 0.717) is 28.9 Å². The van der Waals surface area contributed by atoms with Crippen molar-refractivity contribution in [3.8, 4) is 17.1 Å². The Balaban J connectivity index is 1.65. The molecule has 5 rings (SSSR count). The Morgan fingerprint density at radius 1 is 1.11 bits per heavy atom. The standard InChI is InChI=1S/C31H33FN4O2/c1-5-38-29-16-21(4)26(18-25(29)20(2)3)30-34-28-11-7-6-10-24(28)31(37)36(30)33-19-22-12-13-23(17-27(22)32)35-14-8-9-15-35/h6-7,10-13,16-20H,5,8-9,14-15H2,1-4H3. The number of anilines is 1. The van der Waals surface area contributed by atoms with Crippen LogP contribution in [0.25, 0.3) is 22.3 Å². The molecule has 0 saturated carbocycles. The SMILES string of the molecule is CCOc1cc(C)c(-c2nc3ccccc3c(=O)n2N=Cc2ccc(N3CCCC3)cc2F)cc1C(C)C. The molecule has 1 saturated heterocycles. The first-order chi connectivity index (χ1) is 18.4. The highest BCUT2D eigenvalue weighted by Gasteiger charge is 2.19. The van der Waals surface area contributed by atoms with Crippen LogP contribution in [-0.4, -0.2) is 35.6 Å². The maximum atomic E-state index is 15.1. The Morgan fingerprint density at radius 2 is 1.87 bits per heavy atom. The van der Waals surface area contributed by atoms with Crippen LogP contribution in [-0.2, 0) is 0 Å². The number of aromatic nitrogens is 2. The van der Waals surface area contributed by atoms with Gasteiger partial charge in [-0.05, 0) is 86.2 Å². The number of hydrogen-bond donors (Lipinski definition) is 0. The molecule has 3 aromatic carbocycles. The molecule has 1 aromatic heterocycles. The zero-order valence-electron chi connectivity index (χ0n) is 22.4. The summed E-state index contributed by atoms with van der Waals surface area (Å²) in [6.07, 6.45) is 3.64. The molecule has 0 aliphatic carbocycles. The number of fused-ring (bicyclic) bond motifs is 1. The molecule has 7 heteroatoms. The Bertz CT molecular complexity index is 1570. The van der Waals surface area contributed by atoms with Gasteiger partial charge in [0.25, 0.3) is 5.56 Å². The van der Waals surface area contributed by atoms with Crippen LogP contribution in [0.3, 0.4) is 0 Å². The van der Waals surface area contributed by atoms with Gasteiger partial charge in [-0.15, -0.1) is 0 Å². The van der Waals surface area contributed by atoms with Crippen LogP contribution in [0.4, 0.5) is 10.1 Å². The van der Waals surface area contributed by atoms with Crippen LogP contribution in [0.2, 0.25) is 0 Å². The normalized spacial score (nSPS) is 13.8. The van der Waals surface area contributed by atoms with Gasteiger partial charge in [0.1, 0.15) is 11.6 Å². The van der Waals surface area contributed by atoms with Crippen molar-refractivity contribution in [1.82, 2.24) is 9.66 Å². The van der Waals surface area contributed by atoms with Crippen molar-refractivity contribution >= 4 is 22.8 Å². The average molecular weight is 513 g/mol. The molecular formula is C31H33FN4O2. The van der Waals surface area contributed by atoms with Gasteiger partial charge in [0, 0.05) is 29.9 Å². The molecule has 0 amide bonds.